The van der Waals surface area contributed by atoms with Crippen LogP contribution in [-0.4, -0.2) is 43.2 Å². The predicted octanol–water partition coefficient (Wildman–Crippen LogP) is 1.35. The number of primary sulfonamides is 1. The number of amides is 2. The second kappa shape index (κ2) is 8.26. The molecular formula is C18H27N3O5S. The fraction of sp³-hybridized carbons (Fsp3) is 0.556. The average molecular weight is 397 g/mol. The Kier molecular flexibility index (Phi) is 6.48. The molecule has 1 saturated heterocycles. The van der Waals surface area contributed by atoms with Crippen molar-refractivity contribution in [2.24, 2.45) is 11.1 Å². The minimum atomic E-state index is -3.58. The van der Waals surface area contributed by atoms with Crippen molar-refractivity contribution in [1.82, 2.24) is 10.2 Å². The van der Waals surface area contributed by atoms with Crippen LogP contribution in [0.5, 0.6) is 0 Å². The van der Waals surface area contributed by atoms with Crippen LogP contribution in [0.3, 0.4) is 0 Å². The Morgan fingerprint density at radius 1 is 1.26 bits per heavy atom. The minimum Gasteiger partial charge on any atom is -0.444 e. The normalized spacial score (nSPS) is 17.9. The number of ether oxygens (including phenoxy) is 1. The highest BCUT2D eigenvalue weighted by molar-refractivity contribution is 7.89. The van der Waals surface area contributed by atoms with Gasteiger partial charge in [0.05, 0.1) is 5.75 Å². The lowest BCUT2D eigenvalue weighted by Gasteiger charge is -2.19. The smallest absolute Gasteiger partial charge is 0.407 e. The van der Waals surface area contributed by atoms with Gasteiger partial charge in [-0.25, -0.2) is 18.4 Å². The summed E-state index contributed by atoms with van der Waals surface area (Å²) in [5, 5.41) is 7.75. The van der Waals surface area contributed by atoms with Gasteiger partial charge in [-0.1, -0.05) is 24.3 Å². The Bertz CT molecular complexity index is 784. The summed E-state index contributed by atoms with van der Waals surface area (Å²) in [6.07, 6.45) is -0.274. The largest absolute Gasteiger partial charge is 0.444 e. The molecule has 0 aromatic heterocycles. The van der Waals surface area contributed by atoms with Gasteiger partial charge in [-0.05, 0) is 31.9 Å². The highest BCUT2D eigenvalue weighted by Crippen LogP contribution is 2.21. The summed E-state index contributed by atoms with van der Waals surface area (Å²) in [6.45, 7) is 6.54. The topological polar surface area (TPSA) is 119 Å². The van der Waals surface area contributed by atoms with Crippen LogP contribution in [0.4, 0.5) is 4.79 Å². The number of carbonyl (C=O) groups excluding carboxylic acids is 2. The van der Waals surface area contributed by atoms with E-state index in [1.54, 1.807) is 25.7 Å². The number of alkyl carbamates (subject to hydrolysis) is 1. The van der Waals surface area contributed by atoms with Crippen LogP contribution in [0.25, 0.3) is 0 Å². The number of sulfonamides is 1. The lowest BCUT2D eigenvalue weighted by Crippen LogP contribution is -2.32. The third-order valence-electron chi connectivity index (χ3n) is 3.99. The van der Waals surface area contributed by atoms with Crippen LogP contribution in [0, 0.1) is 5.92 Å². The van der Waals surface area contributed by atoms with E-state index in [1.165, 1.54) is 0 Å². The van der Waals surface area contributed by atoms with Gasteiger partial charge in [-0.2, -0.15) is 0 Å². The van der Waals surface area contributed by atoms with Gasteiger partial charge in [0.2, 0.25) is 15.9 Å². The van der Waals surface area contributed by atoms with Crippen molar-refractivity contribution in [2.75, 3.05) is 12.3 Å². The Morgan fingerprint density at radius 3 is 2.41 bits per heavy atom. The zero-order valence-electron chi connectivity index (χ0n) is 15.9. The molecule has 1 unspecified atom stereocenters. The number of hydrogen-bond acceptors (Lipinski definition) is 5. The van der Waals surface area contributed by atoms with E-state index in [1.807, 2.05) is 24.3 Å². The Labute approximate surface area is 160 Å². The summed E-state index contributed by atoms with van der Waals surface area (Å²) >= 11 is 0. The molecular weight excluding hydrogens is 370 g/mol. The zero-order valence-corrected chi connectivity index (χ0v) is 16.7. The molecule has 0 bridgehead atoms. The van der Waals surface area contributed by atoms with Gasteiger partial charge in [0.1, 0.15) is 5.60 Å². The van der Waals surface area contributed by atoms with Gasteiger partial charge < -0.3 is 15.0 Å². The first-order valence-electron chi connectivity index (χ1n) is 8.74. The highest BCUT2D eigenvalue weighted by Gasteiger charge is 2.31. The van der Waals surface area contributed by atoms with E-state index >= 15 is 0 Å². The number of hydrogen-bond donors (Lipinski definition) is 2. The molecule has 1 aliphatic rings. The van der Waals surface area contributed by atoms with Crippen molar-refractivity contribution in [3.8, 4) is 0 Å². The van der Waals surface area contributed by atoms with Crippen LogP contribution in [0.1, 0.15) is 38.3 Å². The monoisotopic (exact) mass is 397 g/mol. The van der Waals surface area contributed by atoms with E-state index in [-0.39, 0.29) is 24.0 Å². The van der Waals surface area contributed by atoms with Crippen LogP contribution in [0.15, 0.2) is 24.3 Å². The number of nitrogens with zero attached hydrogens (tertiary/aromatic N) is 1. The second-order valence-corrected chi connectivity index (χ2v) is 9.50. The molecule has 1 aromatic carbocycles. The molecule has 1 aliphatic heterocycles. The number of likely N-dealkylation sites (tertiary alicyclic amines) is 1. The Balaban J connectivity index is 1.85. The first kappa shape index (κ1) is 21.2. The first-order chi connectivity index (χ1) is 12.4. The van der Waals surface area contributed by atoms with Crippen molar-refractivity contribution >= 4 is 22.0 Å². The molecule has 0 spiro atoms. The quantitative estimate of drug-likeness (QED) is 0.751. The molecule has 0 saturated carbocycles. The summed E-state index contributed by atoms with van der Waals surface area (Å²) in [7, 11) is -3.58. The number of rotatable bonds is 6. The lowest BCUT2D eigenvalue weighted by molar-refractivity contribution is -0.128. The van der Waals surface area contributed by atoms with Crippen molar-refractivity contribution < 1.29 is 22.7 Å². The molecule has 2 rings (SSSR count). The van der Waals surface area contributed by atoms with Crippen LogP contribution in [0.2, 0.25) is 0 Å². The average Bonchev–Trinajstić information content (AvgIpc) is 2.82. The zero-order chi connectivity index (χ0) is 20.2. The molecule has 27 heavy (non-hydrogen) atoms. The predicted molar refractivity (Wildman–Crippen MR) is 101 cm³/mol. The Morgan fingerprint density at radius 2 is 1.85 bits per heavy atom. The summed E-state index contributed by atoms with van der Waals surface area (Å²) in [4.78, 5) is 25.4. The number of benzene rings is 1. The van der Waals surface area contributed by atoms with Crippen molar-refractivity contribution in [1.29, 1.82) is 0 Å². The van der Waals surface area contributed by atoms with E-state index in [4.69, 9.17) is 9.88 Å². The fourth-order valence-electron chi connectivity index (χ4n) is 2.92. The van der Waals surface area contributed by atoms with E-state index in [0.29, 0.717) is 19.6 Å². The maximum Gasteiger partial charge on any atom is 0.407 e. The molecule has 1 atom stereocenters. The third kappa shape index (κ3) is 7.56. The standard InChI is InChI=1S/C18H27N3O5S/c1-18(2,3)26-17(23)20-9-13-4-6-14(7-5-13)10-21-11-15(8-16(21)22)12-27(19,24)25/h4-7,15H,8-12H2,1-3H3,(H,20,23)(H2,19,24,25). The Hall–Kier alpha value is -2.13. The fourth-order valence-corrected chi connectivity index (χ4v) is 3.80. The van der Waals surface area contributed by atoms with Gasteiger partial charge in [-0.15, -0.1) is 0 Å². The molecule has 1 fully saturated rings. The third-order valence-corrected chi connectivity index (χ3v) is 4.93. The van der Waals surface area contributed by atoms with Gasteiger partial charge in [0.25, 0.3) is 0 Å². The summed E-state index contributed by atoms with van der Waals surface area (Å²) in [5.74, 6) is -0.506. The molecule has 3 N–H and O–H groups in total. The van der Waals surface area contributed by atoms with E-state index in [9.17, 15) is 18.0 Å². The number of nitrogens with one attached hydrogen (secondary N) is 1. The number of carbonyl (C=O) groups is 2. The SMILES string of the molecule is CC(C)(C)OC(=O)NCc1ccc(CN2CC(CS(N)(=O)=O)CC2=O)cc1. The van der Waals surface area contributed by atoms with Gasteiger partial charge >= 0.3 is 6.09 Å². The van der Waals surface area contributed by atoms with E-state index in [0.717, 1.165) is 11.1 Å². The number of nitrogens with two attached hydrogens (primary N) is 1. The molecule has 0 aliphatic carbocycles. The van der Waals surface area contributed by atoms with Gasteiger partial charge in [0.15, 0.2) is 0 Å². The van der Waals surface area contributed by atoms with E-state index < -0.39 is 21.7 Å². The lowest BCUT2D eigenvalue weighted by atomic mass is 10.1. The maximum atomic E-state index is 12.1. The summed E-state index contributed by atoms with van der Waals surface area (Å²) < 4.78 is 27.6. The summed E-state index contributed by atoms with van der Waals surface area (Å²) in [5.41, 5.74) is 1.29. The van der Waals surface area contributed by atoms with Gasteiger partial charge in [0, 0.05) is 32.0 Å². The molecule has 1 heterocycles. The molecule has 1 aromatic rings. The molecule has 0 radical (unpaired) electrons. The van der Waals surface area contributed by atoms with Crippen LogP contribution in [-0.2, 0) is 32.6 Å². The van der Waals surface area contributed by atoms with Gasteiger partial charge in [-0.3, -0.25) is 4.79 Å². The van der Waals surface area contributed by atoms with Crippen molar-refractivity contribution in [2.45, 2.75) is 45.9 Å². The molecule has 8 nitrogen and oxygen atoms in total. The first-order valence-corrected chi connectivity index (χ1v) is 10.5. The maximum absolute atomic E-state index is 12.1. The van der Waals surface area contributed by atoms with Crippen LogP contribution < -0.4 is 10.5 Å². The second-order valence-electron chi connectivity index (χ2n) is 7.85. The minimum absolute atomic E-state index is 0.0701. The van der Waals surface area contributed by atoms with Crippen LogP contribution >= 0.6 is 0 Å². The molecule has 150 valence electrons. The van der Waals surface area contributed by atoms with Crippen molar-refractivity contribution in [3.63, 3.8) is 0 Å². The highest BCUT2D eigenvalue weighted by atomic mass is 32.2. The van der Waals surface area contributed by atoms with E-state index in [2.05, 4.69) is 5.32 Å². The molecule has 9 heteroatoms. The molecule has 2 amide bonds. The summed E-state index contributed by atoms with van der Waals surface area (Å²) in [6, 6.07) is 7.50. The van der Waals surface area contributed by atoms with Crippen molar-refractivity contribution in [3.05, 3.63) is 35.4 Å².